The molecule has 3 aromatic rings. The van der Waals surface area contributed by atoms with E-state index < -0.39 is 0 Å². The first-order valence-electron chi connectivity index (χ1n) is 8.70. The molecule has 0 unspecified atom stereocenters. The standard InChI is InChI=1S/C22H25N/c1-2-3-4-5-11-19-12-8-9-14-22(19)23-21-16-15-18-10-6-7-13-20(18)17-21/h6-10,12-17,23H,2-5,11H2,1H3. The Labute approximate surface area is 139 Å². The van der Waals surface area contributed by atoms with Crippen LogP contribution in [0.15, 0.2) is 66.7 Å². The van der Waals surface area contributed by atoms with Crippen LogP contribution in [0, 0.1) is 0 Å². The second kappa shape index (κ2) is 7.82. The van der Waals surface area contributed by atoms with Crippen molar-refractivity contribution in [2.24, 2.45) is 0 Å². The van der Waals surface area contributed by atoms with Gasteiger partial charge in [0.2, 0.25) is 0 Å². The van der Waals surface area contributed by atoms with E-state index in [-0.39, 0.29) is 0 Å². The molecule has 0 bridgehead atoms. The highest BCUT2D eigenvalue weighted by molar-refractivity contribution is 5.86. The predicted molar refractivity (Wildman–Crippen MR) is 102 cm³/mol. The predicted octanol–water partition coefficient (Wildman–Crippen LogP) is 6.71. The first kappa shape index (κ1) is 15.6. The highest BCUT2D eigenvalue weighted by atomic mass is 14.9. The van der Waals surface area contributed by atoms with Crippen LogP contribution in [0.5, 0.6) is 0 Å². The van der Waals surface area contributed by atoms with Crippen LogP contribution in [-0.4, -0.2) is 0 Å². The largest absolute Gasteiger partial charge is 0.355 e. The minimum atomic E-state index is 1.15. The summed E-state index contributed by atoms with van der Waals surface area (Å²) >= 11 is 0. The van der Waals surface area contributed by atoms with Gasteiger partial charge in [-0.25, -0.2) is 0 Å². The SMILES string of the molecule is CCCCCCc1ccccc1Nc1ccc2ccccc2c1. The lowest BCUT2D eigenvalue weighted by Gasteiger charge is -2.13. The van der Waals surface area contributed by atoms with Gasteiger partial charge in [0.25, 0.3) is 0 Å². The van der Waals surface area contributed by atoms with Gasteiger partial charge in [-0.1, -0.05) is 74.7 Å². The molecule has 0 fully saturated rings. The smallest absolute Gasteiger partial charge is 0.0416 e. The van der Waals surface area contributed by atoms with Crippen LogP contribution in [0.4, 0.5) is 11.4 Å². The maximum atomic E-state index is 3.61. The van der Waals surface area contributed by atoms with Crippen molar-refractivity contribution in [3.05, 3.63) is 72.3 Å². The average molecular weight is 303 g/mol. The molecule has 0 radical (unpaired) electrons. The summed E-state index contributed by atoms with van der Waals surface area (Å²) in [7, 11) is 0. The van der Waals surface area contributed by atoms with Gasteiger partial charge in [-0.15, -0.1) is 0 Å². The summed E-state index contributed by atoms with van der Waals surface area (Å²) in [5.74, 6) is 0. The fourth-order valence-corrected chi connectivity index (χ4v) is 3.03. The maximum Gasteiger partial charge on any atom is 0.0416 e. The Morgan fingerprint density at radius 2 is 1.52 bits per heavy atom. The van der Waals surface area contributed by atoms with Crippen LogP contribution in [0.2, 0.25) is 0 Å². The van der Waals surface area contributed by atoms with Gasteiger partial charge in [0, 0.05) is 11.4 Å². The summed E-state index contributed by atoms with van der Waals surface area (Å²) in [5, 5.41) is 6.16. The van der Waals surface area contributed by atoms with E-state index in [2.05, 4.69) is 79.0 Å². The zero-order valence-corrected chi connectivity index (χ0v) is 13.9. The van der Waals surface area contributed by atoms with E-state index in [0.29, 0.717) is 0 Å². The number of anilines is 2. The third-order valence-corrected chi connectivity index (χ3v) is 4.35. The first-order valence-corrected chi connectivity index (χ1v) is 8.70. The van der Waals surface area contributed by atoms with Gasteiger partial charge in [-0.05, 0) is 47.4 Å². The number of fused-ring (bicyclic) bond motifs is 1. The van der Waals surface area contributed by atoms with Crippen LogP contribution in [0.25, 0.3) is 10.8 Å². The van der Waals surface area contributed by atoms with Gasteiger partial charge < -0.3 is 5.32 Å². The van der Waals surface area contributed by atoms with Gasteiger partial charge >= 0.3 is 0 Å². The Morgan fingerprint density at radius 3 is 2.39 bits per heavy atom. The summed E-state index contributed by atoms with van der Waals surface area (Å²) in [6, 6.07) is 23.7. The van der Waals surface area contributed by atoms with Crippen LogP contribution in [-0.2, 0) is 6.42 Å². The quantitative estimate of drug-likeness (QED) is 0.478. The molecule has 3 aromatic carbocycles. The average Bonchev–Trinajstić information content (AvgIpc) is 2.60. The van der Waals surface area contributed by atoms with Gasteiger partial charge in [-0.3, -0.25) is 0 Å². The normalized spacial score (nSPS) is 10.8. The van der Waals surface area contributed by atoms with Crippen LogP contribution in [0.1, 0.15) is 38.2 Å². The lowest BCUT2D eigenvalue weighted by Crippen LogP contribution is -1.96. The van der Waals surface area contributed by atoms with Crippen molar-refractivity contribution < 1.29 is 0 Å². The van der Waals surface area contributed by atoms with E-state index in [4.69, 9.17) is 0 Å². The molecule has 0 aliphatic heterocycles. The summed E-state index contributed by atoms with van der Waals surface area (Å²) in [4.78, 5) is 0. The number of nitrogens with one attached hydrogen (secondary N) is 1. The van der Waals surface area contributed by atoms with Crippen LogP contribution in [0.3, 0.4) is 0 Å². The number of rotatable bonds is 7. The molecular weight excluding hydrogens is 278 g/mol. The topological polar surface area (TPSA) is 12.0 Å². The molecule has 3 rings (SSSR count). The molecule has 0 aliphatic carbocycles. The van der Waals surface area contributed by atoms with Crippen LogP contribution >= 0.6 is 0 Å². The molecule has 23 heavy (non-hydrogen) atoms. The van der Waals surface area contributed by atoms with E-state index in [1.165, 1.54) is 47.7 Å². The zero-order chi connectivity index (χ0) is 15.9. The molecule has 0 saturated carbocycles. The summed E-state index contributed by atoms with van der Waals surface area (Å²) in [5.41, 5.74) is 3.81. The fraction of sp³-hybridized carbons (Fsp3) is 0.273. The Kier molecular flexibility index (Phi) is 5.31. The third-order valence-electron chi connectivity index (χ3n) is 4.35. The summed E-state index contributed by atoms with van der Waals surface area (Å²) in [6.45, 7) is 2.26. The lowest BCUT2D eigenvalue weighted by atomic mass is 10.0. The van der Waals surface area contributed by atoms with E-state index in [1.54, 1.807) is 0 Å². The number of para-hydroxylation sites is 1. The summed E-state index contributed by atoms with van der Waals surface area (Å²) < 4.78 is 0. The van der Waals surface area contributed by atoms with E-state index in [9.17, 15) is 0 Å². The molecule has 0 aliphatic rings. The molecule has 0 atom stereocenters. The summed E-state index contributed by atoms with van der Waals surface area (Å²) in [6.07, 6.45) is 6.36. The second-order valence-corrected chi connectivity index (χ2v) is 6.15. The second-order valence-electron chi connectivity index (χ2n) is 6.15. The molecule has 118 valence electrons. The van der Waals surface area contributed by atoms with E-state index in [0.717, 1.165) is 12.1 Å². The van der Waals surface area contributed by atoms with Crippen molar-refractivity contribution in [1.82, 2.24) is 0 Å². The van der Waals surface area contributed by atoms with Crippen molar-refractivity contribution in [2.45, 2.75) is 39.0 Å². The molecule has 0 saturated heterocycles. The molecule has 1 heteroatoms. The van der Waals surface area contributed by atoms with Gasteiger partial charge in [0.05, 0.1) is 0 Å². The number of unbranched alkanes of at least 4 members (excludes halogenated alkanes) is 3. The minimum Gasteiger partial charge on any atom is -0.355 e. The van der Waals surface area contributed by atoms with E-state index in [1.807, 2.05) is 0 Å². The number of benzene rings is 3. The molecule has 0 aromatic heterocycles. The van der Waals surface area contributed by atoms with Gasteiger partial charge in [0.1, 0.15) is 0 Å². The van der Waals surface area contributed by atoms with Crippen molar-refractivity contribution in [2.75, 3.05) is 5.32 Å². The third kappa shape index (κ3) is 4.13. The Bertz CT molecular complexity index is 761. The molecule has 0 heterocycles. The minimum absolute atomic E-state index is 1.15. The molecule has 1 nitrogen and oxygen atoms in total. The fourth-order valence-electron chi connectivity index (χ4n) is 3.03. The molecular formula is C22H25N. The van der Waals surface area contributed by atoms with Crippen molar-refractivity contribution in [3.63, 3.8) is 0 Å². The molecule has 0 amide bonds. The van der Waals surface area contributed by atoms with Gasteiger partial charge in [0.15, 0.2) is 0 Å². The number of aryl methyl sites for hydroxylation is 1. The Hall–Kier alpha value is -2.28. The van der Waals surface area contributed by atoms with Gasteiger partial charge in [-0.2, -0.15) is 0 Å². The Balaban J connectivity index is 1.75. The van der Waals surface area contributed by atoms with Crippen molar-refractivity contribution in [1.29, 1.82) is 0 Å². The maximum absolute atomic E-state index is 3.61. The zero-order valence-electron chi connectivity index (χ0n) is 13.9. The van der Waals surface area contributed by atoms with Crippen molar-refractivity contribution in [3.8, 4) is 0 Å². The van der Waals surface area contributed by atoms with Crippen molar-refractivity contribution >= 4 is 22.1 Å². The van der Waals surface area contributed by atoms with Crippen LogP contribution < -0.4 is 5.32 Å². The number of hydrogen-bond acceptors (Lipinski definition) is 1. The monoisotopic (exact) mass is 303 g/mol. The Morgan fingerprint density at radius 1 is 0.739 bits per heavy atom. The number of hydrogen-bond donors (Lipinski definition) is 1. The molecule has 0 spiro atoms. The van der Waals surface area contributed by atoms with E-state index >= 15 is 0 Å². The lowest BCUT2D eigenvalue weighted by molar-refractivity contribution is 0.667. The first-order chi connectivity index (χ1) is 11.4. The highest BCUT2D eigenvalue weighted by Crippen LogP contribution is 2.25. The highest BCUT2D eigenvalue weighted by Gasteiger charge is 2.03. The molecule has 1 N–H and O–H groups in total.